The maximum atomic E-state index is 12.5. The van der Waals surface area contributed by atoms with Crippen molar-refractivity contribution in [2.45, 2.75) is 25.9 Å². The van der Waals surface area contributed by atoms with E-state index < -0.39 is 0 Å². The summed E-state index contributed by atoms with van der Waals surface area (Å²) < 4.78 is 10.7. The largest absolute Gasteiger partial charge is 0.494 e. The highest BCUT2D eigenvalue weighted by molar-refractivity contribution is 5.77. The number of esters is 1. The number of allylic oxidation sites excluding steroid dienone is 1. The molecule has 1 saturated heterocycles. The fourth-order valence-electron chi connectivity index (χ4n) is 2.98. The van der Waals surface area contributed by atoms with E-state index in [-0.39, 0.29) is 24.0 Å². The molecule has 0 spiro atoms. The molecule has 6 nitrogen and oxygen atoms in total. The van der Waals surface area contributed by atoms with Crippen LogP contribution in [0.1, 0.15) is 25.5 Å². The van der Waals surface area contributed by atoms with E-state index in [1.807, 2.05) is 50.3 Å². The van der Waals surface area contributed by atoms with Gasteiger partial charge in [0.25, 0.3) is 0 Å². The number of hydrazine groups is 1. The van der Waals surface area contributed by atoms with Crippen LogP contribution in [0.4, 0.5) is 0 Å². The van der Waals surface area contributed by atoms with Crippen LogP contribution in [0.5, 0.6) is 5.75 Å². The molecule has 2 aliphatic rings. The third kappa shape index (κ3) is 3.07. The smallest absolute Gasteiger partial charge is 0.313 e. The van der Waals surface area contributed by atoms with Crippen molar-refractivity contribution < 1.29 is 14.3 Å². The summed E-state index contributed by atoms with van der Waals surface area (Å²) in [6.07, 6.45) is 5.53. The summed E-state index contributed by atoms with van der Waals surface area (Å²) in [6.45, 7) is 4.76. The number of ether oxygens (including phenoxy) is 2. The molecule has 0 amide bonds. The van der Waals surface area contributed by atoms with Gasteiger partial charge in [-0.05, 0) is 37.6 Å². The van der Waals surface area contributed by atoms with Crippen molar-refractivity contribution in [1.82, 2.24) is 10.5 Å². The van der Waals surface area contributed by atoms with Gasteiger partial charge in [-0.15, -0.1) is 0 Å². The van der Waals surface area contributed by atoms with E-state index in [1.54, 1.807) is 11.3 Å². The van der Waals surface area contributed by atoms with Gasteiger partial charge >= 0.3 is 5.97 Å². The number of carbonyl (C=O) groups is 1. The quantitative estimate of drug-likeness (QED) is 0.843. The van der Waals surface area contributed by atoms with Crippen LogP contribution in [0.3, 0.4) is 0 Å². The molecule has 3 rings (SSSR count). The summed E-state index contributed by atoms with van der Waals surface area (Å²) in [5.41, 5.74) is 4.30. The van der Waals surface area contributed by atoms with E-state index >= 15 is 0 Å². The van der Waals surface area contributed by atoms with E-state index in [1.165, 1.54) is 0 Å². The molecule has 2 aliphatic heterocycles. The first-order chi connectivity index (χ1) is 11.2. The van der Waals surface area contributed by atoms with Gasteiger partial charge in [0.2, 0.25) is 0 Å². The lowest BCUT2D eigenvalue weighted by Gasteiger charge is -2.22. The average molecular weight is 315 g/mol. The molecule has 3 unspecified atom stereocenters. The van der Waals surface area contributed by atoms with Gasteiger partial charge in [0, 0.05) is 6.21 Å². The Labute approximate surface area is 135 Å². The molecular formula is C17H21N3O3. The zero-order valence-corrected chi connectivity index (χ0v) is 13.3. The minimum Gasteiger partial charge on any atom is -0.494 e. The Bertz CT molecular complexity index is 612. The molecule has 0 saturated carbocycles. The standard InChI is InChI=1S/C17H21N3O3/c1-3-22-13-9-7-12(8-10-13)16-15(17(21)23-4-2)14-6-5-11-18-20(14)19-16/h5-11,14-16,19H,3-4H2,1-2H3. The number of hydrazone groups is 1. The van der Waals surface area contributed by atoms with Crippen LogP contribution in [0.25, 0.3) is 0 Å². The average Bonchev–Trinajstić information content (AvgIpc) is 2.95. The van der Waals surface area contributed by atoms with Gasteiger partial charge in [0.1, 0.15) is 11.7 Å². The van der Waals surface area contributed by atoms with Crippen molar-refractivity contribution in [2.24, 2.45) is 11.0 Å². The molecule has 1 N–H and O–H groups in total. The highest BCUT2D eigenvalue weighted by Gasteiger charge is 2.46. The minimum atomic E-state index is -0.346. The molecule has 0 radical (unpaired) electrons. The number of nitrogens with one attached hydrogen (secondary N) is 1. The number of fused-ring (bicyclic) bond motifs is 1. The van der Waals surface area contributed by atoms with Crippen molar-refractivity contribution >= 4 is 12.2 Å². The van der Waals surface area contributed by atoms with Gasteiger partial charge in [-0.1, -0.05) is 18.2 Å². The Kier molecular flexibility index (Phi) is 4.62. The second kappa shape index (κ2) is 6.83. The summed E-state index contributed by atoms with van der Waals surface area (Å²) in [5, 5.41) is 6.01. The lowest BCUT2D eigenvalue weighted by Crippen LogP contribution is -2.35. The number of rotatable bonds is 5. The number of hydrogen-bond donors (Lipinski definition) is 1. The lowest BCUT2D eigenvalue weighted by atomic mass is 9.89. The molecule has 2 heterocycles. The first-order valence-electron chi connectivity index (χ1n) is 7.90. The second-order valence-electron chi connectivity index (χ2n) is 5.37. The van der Waals surface area contributed by atoms with Crippen LogP contribution < -0.4 is 10.2 Å². The maximum absolute atomic E-state index is 12.5. The van der Waals surface area contributed by atoms with Crippen LogP contribution in [0, 0.1) is 5.92 Å². The zero-order chi connectivity index (χ0) is 16.2. The van der Waals surface area contributed by atoms with Gasteiger partial charge in [-0.3, -0.25) is 4.79 Å². The van der Waals surface area contributed by atoms with E-state index in [9.17, 15) is 4.79 Å². The van der Waals surface area contributed by atoms with Gasteiger partial charge in [-0.2, -0.15) is 5.10 Å². The van der Waals surface area contributed by atoms with Crippen molar-refractivity contribution in [2.75, 3.05) is 13.2 Å². The Morgan fingerprint density at radius 1 is 1.26 bits per heavy atom. The molecule has 1 aromatic rings. The van der Waals surface area contributed by atoms with Crippen LogP contribution in [-0.4, -0.2) is 36.6 Å². The number of benzene rings is 1. The topological polar surface area (TPSA) is 63.2 Å². The monoisotopic (exact) mass is 315 g/mol. The third-order valence-electron chi connectivity index (χ3n) is 3.98. The van der Waals surface area contributed by atoms with Crippen molar-refractivity contribution in [3.63, 3.8) is 0 Å². The zero-order valence-electron chi connectivity index (χ0n) is 13.3. The molecule has 1 aromatic carbocycles. The Balaban J connectivity index is 1.87. The summed E-state index contributed by atoms with van der Waals surface area (Å²) in [4.78, 5) is 12.5. The van der Waals surface area contributed by atoms with E-state index in [0.29, 0.717) is 13.2 Å². The van der Waals surface area contributed by atoms with Gasteiger partial charge in [0.15, 0.2) is 0 Å². The maximum Gasteiger partial charge on any atom is 0.313 e. The minimum absolute atomic E-state index is 0.143. The van der Waals surface area contributed by atoms with Crippen LogP contribution >= 0.6 is 0 Å². The van der Waals surface area contributed by atoms with Crippen LogP contribution in [-0.2, 0) is 9.53 Å². The fraction of sp³-hybridized carbons (Fsp3) is 0.412. The lowest BCUT2D eigenvalue weighted by molar-refractivity contribution is -0.148. The fourth-order valence-corrected chi connectivity index (χ4v) is 2.98. The molecule has 6 heteroatoms. The molecule has 0 aromatic heterocycles. The summed E-state index contributed by atoms with van der Waals surface area (Å²) in [6, 6.07) is 7.45. The molecule has 0 aliphatic carbocycles. The molecule has 0 bridgehead atoms. The van der Waals surface area contributed by atoms with Crippen LogP contribution in [0.15, 0.2) is 41.5 Å². The molecule has 122 valence electrons. The van der Waals surface area contributed by atoms with Gasteiger partial charge in [0.05, 0.1) is 25.3 Å². The molecular weight excluding hydrogens is 294 g/mol. The van der Waals surface area contributed by atoms with Crippen LogP contribution in [0.2, 0.25) is 0 Å². The molecule has 3 atom stereocenters. The number of carbonyl (C=O) groups excluding carboxylic acids is 1. The Morgan fingerprint density at radius 2 is 2.04 bits per heavy atom. The van der Waals surface area contributed by atoms with Crippen molar-refractivity contribution in [3.8, 4) is 5.75 Å². The summed E-state index contributed by atoms with van der Waals surface area (Å²) >= 11 is 0. The van der Waals surface area contributed by atoms with E-state index in [0.717, 1.165) is 11.3 Å². The summed E-state index contributed by atoms with van der Waals surface area (Å²) in [5.74, 6) is 0.257. The van der Waals surface area contributed by atoms with E-state index in [4.69, 9.17) is 9.47 Å². The van der Waals surface area contributed by atoms with Gasteiger partial charge in [-0.25, -0.2) is 10.5 Å². The first-order valence-corrected chi connectivity index (χ1v) is 7.90. The predicted octanol–water partition coefficient (Wildman–Crippen LogP) is 2.05. The summed E-state index contributed by atoms with van der Waals surface area (Å²) in [7, 11) is 0. The SMILES string of the molecule is CCOC(=O)C1C(c2ccc(OCC)cc2)NN2N=CC=CC12. The van der Waals surface area contributed by atoms with Crippen molar-refractivity contribution in [3.05, 3.63) is 42.0 Å². The molecule has 1 fully saturated rings. The highest BCUT2D eigenvalue weighted by Crippen LogP contribution is 2.36. The predicted molar refractivity (Wildman–Crippen MR) is 86.9 cm³/mol. The third-order valence-corrected chi connectivity index (χ3v) is 3.98. The molecule has 23 heavy (non-hydrogen) atoms. The number of hydrogen-bond acceptors (Lipinski definition) is 6. The normalized spacial score (nSPS) is 25.3. The highest BCUT2D eigenvalue weighted by atomic mass is 16.5. The Hall–Kier alpha value is -2.34. The Morgan fingerprint density at radius 3 is 2.74 bits per heavy atom. The van der Waals surface area contributed by atoms with E-state index in [2.05, 4.69) is 10.5 Å². The first kappa shape index (κ1) is 15.6. The number of nitrogens with zero attached hydrogens (tertiary/aromatic N) is 2. The second-order valence-corrected chi connectivity index (χ2v) is 5.37. The van der Waals surface area contributed by atoms with Crippen molar-refractivity contribution in [1.29, 1.82) is 0 Å². The van der Waals surface area contributed by atoms with Gasteiger partial charge < -0.3 is 9.47 Å².